The number of fused-ring (bicyclic) bond motifs is 2. The van der Waals surface area contributed by atoms with Gasteiger partial charge in [-0.25, -0.2) is 12.8 Å². The van der Waals surface area contributed by atoms with Crippen molar-refractivity contribution >= 4 is 22.4 Å². The van der Waals surface area contributed by atoms with Crippen molar-refractivity contribution in [1.82, 2.24) is 9.62 Å². The standard InChI is InChI=1S/C14H16F4N2O2S.ClH/c15-13-7-11(3-4-12(13)14(16,17)18)23(21,22)20-9-1-2-10(20)8-19-6-5-9;/h3-4,7,9-10,19H,1-2,5-6,8H2;1H. The summed E-state index contributed by atoms with van der Waals surface area (Å²) in [6, 6.07) is 1.36. The molecule has 10 heteroatoms. The number of hydrogen-bond donors (Lipinski definition) is 1. The summed E-state index contributed by atoms with van der Waals surface area (Å²) in [7, 11) is -4.02. The average molecular weight is 389 g/mol. The lowest BCUT2D eigenvalue weighted by atomic mass is 10.1. The van der Waals surface area contributed by atoms with Gasteiger partial charge in [0, 0.05) is 18.6 Å². The molecule has 1 aromatic rings. The van der Waals surface area contributed by atoms with E-state index in [-0.39, 0.29) is 24.5 Å². The summed E-state index contributed by atoms with van der Waals surface area (Å²) in [4.78, 5) is -0.429. The molecule has 1 N–H and O–H groups in total. The molecule has 0 amide bonds. The van der Waals surface area contributed by atoms with Crippen LogP contribution in [0.1, 0.15) is 24.8 Å². The largest absolute Gasteiger partial charge is 0.419 e. The second kappa shape index (κ2) is 6.78. The highest BCUT2D eigenvalue weighted by molar-refractivity contribution is 7.89. The normalized spacial score (nSPS) is 25.2. The van der Waals surface area contributed by atoms with Crippen LogP contribution in [-0.4, -0.2) is 37.9 Å². The van der Waals surface area contributed by atoms with Crippen molar-refractivity contribution in [3.05, 3.63) is 29.6 Å². The van der Waals surface area contributed by atoms with E-state index < -0.39 is 32.5 Å². The summed E-state index contributed by atoms with van der Waals surface area (Å²) < 4.78 is 78.4. The van der Waals surface area contributed by atoms with Crippen LogP contribution in [0.15, 0.2) is 23.1 Å². The van der Waals surface area contributed by atoms with Gasteiger partial charge in [0.05, 0.1) is 10.5 Å². The maximum Gasteiger partial charge on any atom is 0.419 e. The summed E-state index contributed by atoms with van der Waals surface area (Å²) in [5.74, 6) is -1.57. The topological polar surface area (TPSA) is 49.4 Å². The minimum atomic E-state index is -4.85. The van der Waals surface area contributed by atoms with Gasteiger partial charge in [-0.2, -0.15) is 17.5 Å². The Balaban J connectivity index is 0.00000208. The lowest BCUT2D eigenvalue weighted by Crippen LogP contribution is -2.42. The second-order valence-electron chi connectivity index (χ2n) is 5.85. The summed E-state index contributed by atoms with van der Waals surface area (Å²) >= 11 is 0. The maximum absolute atomic E-state index is 13.7. The fraction of sp³-hybridized carbons (Fsp3) is 0.571. The second-order valence-corrected chi connectivity index (χ2v) is 7.70. The Kier molecular flexibility index (Phi) is 5.49. The Hall–Kier alpha value is -0.900. The minimum Gasteiger partial charge on any atom is -0.315 e. The summed E-state index contributed by atoms with van der Waals surface area (Å²) in [5, 5.41) is 3.14. The Morgan fingerprint density at radius 3 is 2.42 bits per heavy atom. The first-order valence-corrected chi connectivity index (χ1v) is 8.76. The van der Waals surface area contributed by atoms with Crippen LogP contribution in [0.4, 0.5) is 17.6 Å². The zero-order chi connectivity index (χ0) is 16.8. The number of sulfonamides is 1. The highest BCUT2D eigenvalue weighted by atomic mass is 35.5. The summed E-state index contributed by atoms with van der Waals surface area (Å²) in [6.07, 6.45) is -2.80. The van der Waals surface area contributed by atoms with Gasteiger partial charge in [0.1, 0.15) is 5.82 Å². The van der Waals surface area contributed by atoms with E-state index in [1.807, 2.05) is 0 Å². The summed E-state index contributed by atoms with van der Waals surface area (Å²) in [5.41, 5.74) is -1.46. The van der Waals surface area contributed by atoms with Crippen LogP contribution in [0.3, 0.4) is 0 Å². The van der Waals surface area contributed by atoms with E-state index in [1.54, 1.807) is 0 Å². The zero-order valence-corrected chi connectivity index (χ0v) is 14.1. The van der Waals surface area contributed by atoms with Crippen molar-refractivity contribution in [2.24, 2.45) is 0 Å². The van der Waals surface area contributed by atoms with Crippen molar-refractivity contribution < 1.29 is 26.0 Å². The molecule has 2 aliphatic heterocycles. The smallest absolute Gasteiger partial charge is 0.315 e. The zero-order valence-electron chi connectivity index (χ0n) is 12.5. The number of hydrogen-bond acceptors (Lipinski definition) is 3. The van der Waals surface area contributed by atoms with Crippen LogP contribution in [0.5, 0.6) is 0 Å². The molecule has 0 spiro atoms. The molecular formula is C14H17ClF4N2O2S. The van der Waals surface area contributed by atoms with Crippen LogP contribution in [0.2, 0.25) is 0 Å². The van der Waals surface area contributed by atoms with Crippen LogP contribution >= 0.6 is 12.4 Å². The Morgan fingerprint density at radius 1 is 1.12 bits per heavy atom. The van der Waals surface area contributed by atoms with Gasteiger partial charge in [0.15, 0.2) is 0 Å². The molecule has 2 fully saturated rings. The van der Waals surface area contributed by atoms with E-state index in [0.717, 1.165) is 6.07 Å². The Labute approximate surface area is 143 Å². The molecular weight excluding hydrogens is 372 g/mol. The van der Waals surface area contributed by atoms with Crippen molar-refractivity contribution in [3.63, 3.8) is 0 Å². The maximum atomic E-state index is 13.7. The molecule has 4 nitrogen and oxygen atoms in total. The first-order chi connectivity index (χ1) is 10.7. The van der Waals surface area contributed by atoms with Crippen molar-refractivity contribution in [2.45, 2.75) is 42.4 Å². The van der Waals surface area contributed by atoms with Gasteiger partial charge in [-0.1, -0.05) is 0 Å². The molecule has 2 unspecified atom stereocenters. The van der Waals surface area contributed by atoms with Gasteiger partial charge in [-0.15, -0.1) is 12.4 Å². The molecule has 0 aromatic heterocycles. The van der Waals surface area contributed by atoms with Crippen LogP contribution in [0.25, 0.3) is 0 Å². The molecule has 3 rings (SSSR count). The molecule has 2 bridgehead atoms. The predicted octanol–water partition coefficient (Wildman–Crippen LogP) is 2.78. The predicted molar refractivity (Wildman–Crippen MR) is 82.0 cm³/mol. The molecule has 1 aromatic carbocycles. The summed E-state index contributed by atoms with van der Waals surface area (Å²) in [6.45, 7) is 1.19. The lowest BCUT2D eigenvalue weighted by molar-refractivity contribution is -0.140. The van der Waals surface area contributed by atoms with E-state index in [0.29, 0.717) is 44.5 Å². The third-order valence-corrected chi connectivity index (χ3v) is 6.41. The van der Waals surface area contributed by atoms with Gasteiger partial charge in [-0.3, -0.25) is 0 Å². The van der Waals surface area contributed by atoms with Gasteiger partial charge in [-0.05, 0) is 44.0 Å². The fourth-order valence-corrected chi connectivity index (χ4v) is 5.25. The third-order valence-electron chi connectivity index (χ3n) is 4.41. The molecule has 24 heavy (non-hydrogen) atoms. The molecule has 2 aliphatic rings. The SMILES string of the molecule is Cl.O=S(=O)(c1ccc(C(F)(F)F)c(F)c1)N1C2CCNCC1CC2. The molecule has 2 saturated heterocycles. The van der Waals surface area contributed by atoms with E-state index >= 15 is 0 Å². The number of halogens is 5. The number of alkyl halides is 3. The van der Waals surface area contributed by atoms with E-state index in [2.05, 4.69) is 5.32 Å². The van der Waals surface area contributed by atoms with Crippen LogP contribution in [-0.2, 0) is 16.2 Å². The van der Waals surface area contributed by atoms with Crippen molar-refractivity contribution in [2.75, 3.05) is 13.1 Å². The quantitative estimate of drug-likeness (QED) is 0.793. The monoisotopic (exact) mass is 388 g/mol. The van der Waals surface area contributed by atoms with Gasteiger partial charge >= 0.3 is 6.18 Å². The number of rotatable bonds is 2. The lowest BCUT2D eigenvalue weighted by Gasteiger charge is -2.27. The first kappa shape index (κ1) is 19.4. The first-order valence-electron chi connectivity index (χ1n) is 7.32. The molecule has 2 atom stereocenters. The Bertz CT molecular complexity index is 697. The van der Waals surface area contributed by atoms with Crippen molar-refractivity contribution in [1.29, 1.82) is 0 Å². The van der Waals surface area contributed by atoms with E-state index in [1.165, 1.54) is 4.31 Å². The fourth-order valence-electron chi connectivity index (χ4n) is 3.34. The average Bonchev–Trinajstić information content (AvgIpc) is 2.71. The number of benzene rings is 1. The third kappa shape index (κ3) is 3.40. The van der Waals surface area contributed by atoms with Crippen molar-refractivity contribution in [3.8, 4) is 0 Å². The molecule has 136 valence electrons. The number of nitrogens with one attached hydrogen (secondary N) is 1. The van der Waals surface area contributed by atoms with Gasteiger partial charge < -0.3 is 5.32 Å². The number of nitrogens with zero attached hydrogens (tertiary/aromatic N) is 1. The van der Waals surface area contributed by atoms with Crippen LogP contribution in [0, 0.1) is 5.82 Å². The van der Waals surface area contributed by atoms with Crippen LogP contribution < -0.4 is 5.32 Å². The van der Waals surface area contributed by atoms with Gasteiger partial charge in [0.25, 0.3) is 0 Å². The van der Waals surface area contributed by atoms with Gasteiger partial charge in [0.2, 0.25) is 10.0 Å². The Morgan fingerprint density at radius 2 is 1.79 bits per heavy atom. The molecule has 2 heterocycles. The molecule has 0 radical (unpaired) electrons. The molecule has 0 saturated carbocycles. The van der Waals surface area contributed by atoms with E-state index in [4.69, 9.17) is 0 Å². The molecule has 0 aliphatic carbocycles. The highest BCUT2D eigenvalue weighted by Gasteiger charge is 2.43. The minimum absolute atomic E-state index is 0. The highest BCUT2D eigenvalue weighted by Crippen LogP contribution is 2.36. The van der Waals surface area contributed by atoms with E-state index in [9.17, 15) is 26.0 Å².